The van der Waals surface area contributed by atoms with Crippen LogP contribution in [0, 0.1) is 0 Å². The van der Waals surface area contributed by atoms with E-state index in [4.69, 9.17) is 0 Å². The number of fused-ring (bicyclic) bond motifs is 2. The number of hydrogen-bond donors (Lipinski definition) is 2. The van der Waals surface area contributed by atoms with Crippen molar-refractivity contribution in [1.29, 1.82) is 0 Å². The molecule has 1 aromatic carbocycles. The molecule has 0 radical (unpaired) electrons. The highest BCUT2D eigenvalue weighted by molar-refractivity contribution is 8.04. The number of nitrogens with one attached hydrogen (secondary N) is 1. The van der Waals surface area contributed by atoms with Crippen LogP contribution in [0.15, 0.2) is 73.0 Å². The Kier molecular flexibility index (Phi) is 6.78. The number of carbonyl (C=O) groups excluding carboxylic acids is 2. The Labute approximate surface area is 215 Å². The van der Waals surface area contributed by atoms with E-state index in [9.17, 15) is 24.3 Å². The summed E-state index contributed by atoms with van der Waals surface area (Å²) in [5.41, 5.74) is 2.62. The predicted molar refractivity (Wildman–Crippen MR) is 139 cm³/mol. The van der Waals surface area contributed by atoms with Crippen molar-refractivity contribution in [1.82, 2.24) is 15.2 Å². The molecule has 0 bridgehead atoms. The molecule has 0 spiro atoms. The number of aromatic nitrogens is 1. The lowest BCUT2D eigenvalue weighted by atomic mass is 10.0. The Morgan fingerprint density at radius 2 is 2.11 bits per heavy atom. The third kappa shape index (κ3) is 4.79. The second-order valence-electron chi connectivity index (χ2n) is 7.64. The lowest BCUT2D eigenvalue weighted by Crippen LogP contribution is -2.70. The number of β-lactam (4-membered cyclic amide) rings is 1. The van der Waals surface area contributed by atoms with Crippen molar-refractivity contribution in [3.8, 4) is 0 Å². The van der Waals surface area contributed by atoms with Crippen LogP contribution in [-0.2, 0) is 20.8 Å². The summed E-state index contributed by atoms with van der Waals surface area (Å²) in [5, 5.41) is 16.2. The molecule has 8 nitrogen and oxygen atoms in total. The Morgan fingerprint density at radius 3 is 2.89 bits per heavy atom. The molecule has 0 saturated carbocycles. The number of allylic oxidation sites excluding steroid dienone is 1. The summed E-state index contributed by atoms with van der Waals surface area (Å²) in [6, 6.07) is 8.18. The number of hydrogen-bond acceptors (Lipinski definition) is 9. The second-order valence-corrected chi connectivity index (χ2v) is 11.8. The molecule has 2 aliphatic rings. The summed E-state index contributed by atoms with van der Waals surface area (Å²) in [7, 11) is 0. The van der Waals surface area contributed by atoms with Gasteiger partial charge in [0.05, 0.1) is 21.8 Å². The Bertz CT molecular complexity index is 1450. The minimum atomic E-state index is -1.20. The van der Waals surface area contributed by atoms with Crippen LogP contribution in [0.2, 0.25) is 0 Å². The van der Waals surface area contributed by atoms with Gasteiger partial charge in [-0.2, -0.15) is 0 Å². The van der Waals surface area contributed by atoms with Crippen molar-refractivity contribution in [2.75, 3.05) is 5.75 Å². The highest BCUT2D eigenvalue weighted by Crippen LogP contribution is 2.41. The molecule has 2 aromatic heterocycles. The van der Waals surface area contributed by atoms with E-state index >= 15 is 0 Å². The topological polar surface area (TPSA) is 117 Å². The van der Waals surface area contributed by atoms with Gasteiger partial charge in [-0.1, -0.05) is 23.9 Å². The SMILES string of the molecule is O=C(Cc1cscn1)NC1C(=O)N2C(C(=O)O)=C(C=CSc3cc(=O)c4ccccc4s3)CS[C@H]12. The Hall–Kier alpha value is -2.93. The molecule has 5 rings (SSSR count). The highest BCUT2D eigenvalue weighted by atomic mass is 32.2. The van der Waals surface area contributed by atoms with Crippen molar-refractivity contribution in [2.45, 2.75) is 22.0 Å². The molecule has 178 valence electrons. The summed E-state index contributed by atoms with van der Waals surface area (Å²) in [4.78, 5) is 54.7. The molecule has 35 heavy (non-hydrogen) atoms. The zero-order chi connectivity index (χ0) is 24.5. The van der Waals surface area contributed by atoms with Crippen LogP contribution < -0.4 is 10.7 Å². The number of aliphatic carboxylic acids is 1. The van der Waals surface area contributed by atoms with Crippen LogP contribution in [0.1, 0.15) is 5.69 Å². The molecule has 2 atom stereocenters. The number of thioether (sulfide) groups is 2. The van der Waals surface area contributed by atoms with E-state index in [2.05, 4.69) is 10.3 Å². The van der Waals surface area contributed by atoms with Gasteiger partial charge in [0.1, 0.15) is 17.1 Å². The van der Waals surface area contributed by atoms with Crippen LogP contribution in [0.5, 0.6) is 0 Å². The molecule has 0 aliphatic carbocycles. The van der Waals surface area contributed by atoms with Gasteiger partial charge in [-0.25, -0.2) is 9.78 Å². The number of rotatable bonds is 7. The smallest absolute Gasteiger partial charge is 0.352 e. The largest absolute Gasteiger partial charge is 0.477 e. The van der Waals surface area contributed by atoms with Crippen LogP contribution in [-0.4, -0.2) is 49.9 Å². The molecule has 2 aliphatic heterocycles. The van der Waals surface area contributed by atoms with Gasteiger partial charge >= 0.3 is 5.97 Å². The molecular formula is C23H17N3O5S4. The van der Waals surface area contributed by atoms with Gasteiger partial charge in [0.25, 0.3) is 5.91 Å². The Balaban J connectivity index is 1.30. The zero-order valence-corrected chi connectivity index (χ0v) is 21.1. The Morgan fingerprint density at radius 1 is 1.29 bits per heavy atom. The van der Waals surface area contributed by atoms with Gasteiger partial charge in [-0.05, 0) is 29.2 Å². The second kappa shape index (κ2) is 9.97. The van der Waals surface area contributed by atoms with Crippen molar-refractivity contribution in [3.63, 3.8) is 0 Å². The van der Waals surface area contributed by atoms with Crippen LogP contribution in [0.25, 0.3) is 10.1 Å². The van der Waals surface area contributed by atoms with E-state index in [1.165, 1.54) is 51.1 Å². The first-order valence-corrected chi connectivity index (χ1v) is 14.0. The van der Waals surface area contributed by atoms with E-state index in [0.717, 1.165) is 8.91 Å². The zero-order valence-electron chi connectivity index (χ0n) is 17.9. The maximum Gasteiger partial charge on any atom is 0.352 e. The lowest BCUT2D eigenvalue weighted by molar-refractivity contribution is -0.150. The van der Waals surface area contributed by atoms with E-state index in [0.29, 0.717) is 22.4 Å². The fraction of sp³-hybridized carbons (Fsp3) is 0.174. The number of carbonyl (C=O) groups is 3. The quantitative estimate of drug-likeness (QED) is 0.344. The van der Waals surface area contributed by atoms with Crippen molar-refractivity contribution in [2.24, 2.45) is 0 Å². The summed E-state index contributed by atoms with van der Waals surface area (Å²) >= 11 is 5.59. The third-order valence-electron chi connectivity index (χ3n) is 5.41. The maximum absolute atomic E-state index is 12.8. The number of carboxylic acids is 1. The summed E-state index contributed by atoms with van der Waals surface area (Å²) < 4.78 is 1.66. The summed E-state index contributed by atoms with van der Waals surface area (Å²) in [6.07, 6.45) is 1.74. The molecule has 3 aromatic rings. The molecule has 1 saturated heterocycles. The van der Waals surface area contributed by atoms with E-state index < -0.39 is 23.3 Å². The number of nitrogens with zero attached hydrogens (tertiary/aromatic N) is 2. The normalized spacial score (nSPS) is 19.7. The van der Waals surface area contributed by atoms with Crippen molar-refractivity contribution in [3.05, 3.63) is 79.9 Å². The van der Waals surface area contributed by atoms with Gasteiger partial charge in [-0.15, -0.1) is 34.4 Å². The van der Waals surface area contributed by atoms with Crippen LogP contribution >= 0.6 is 46.2 Å². The van der Waals surface area contributed by atoms with E-state index in [1.54, 1.807) is 34.5 Å². The van der Waals surface area contributed by atoms with Crippen LogP contribution in [0.3, 0.4) is 0 Å². The molecular weight excluding hydrogens is 527 g/mol. The molecule has 2 N–H and O–H groups in total. The third-order valence-corrected chi connectivity index (χ3v) is 9.40. The van der Waals surface area contributed by atoms with Crippen LogP contribution in [0.4, 0.5) is 0 Å². The summed E-state index contributed by atoms with van der Waals surface area (Å²) in [5.74, 6) is -1.60. The standard InChI is InChI=1S/C23H17N3O5S4/c27-15-8-18(35-16-4-2-1-3-14(15)16)33-6-5-12-9-34-22-19(21(29)26(22)20(12)23(30)31)25-17(28)7-13-10-32-11-24-13/h1-6,8,10-11,19,22H,7,9H2,(H,25,28)(H,30,31)/t19?,22-/m1/s1. The molecule has 4 heterocycles. The number of carboxylic acid groups (broad SMARTS) is 1. The van der Waals surface area contributed by atoms with Crippen molar-refractivity contribution >= 4 is 74.1 Å². The fourth-order valence-corrected chi connectivity index (χ4v) is 7.66. The molecule has 2 amide bonds. The minimum absolute atomic E-state index is 0.0641. The minimum Gasteiger partial charge on any atom is -0.477 e. The average molecular weight is 544 g/mol. The van der Waals surface area contributed by atoms with E-state index in [-0.39, 0.29) is 23.5 Å². The number of thiazole rings is 1. The number of amides is 2. The van der Waals surface area contributed by atoms with Gasteiger partial charge in [0.15, 0.2) is 5.43 Å². The first-order valence-electron chi connectivity index (χ1n) is 10.4. The van der Waals surface area contributed by atoms with Gasteiger partial charge < -0.3 is 10.4 Å². The first kappa shape index (κ1) is 23.8. The molecule has 12 heteroatoms. The van der Waals surface area contributed by atoms with Gasteiger partial charge in [0.2, 0.25) is 5.91 Å². The van der Waals surface area contributed by atoms with Gasteiger partial charge in [0, 0.05) is 27.3 Å². The van der Waals surface area contributed by atoms with E-state index in [1.807, 2.05) is 18.2 Å². The molecule has 1 fully saturated rings. The predicted octanol–water partition coefficient (Wildman–Crippen LogP) is 3.31. The number of benzene rings is 1. The highest BCUT2D eigenvalue weighted by Gasteiger charge is 2.53. The summed E-state index contributed by atoms with van der Waals surface area (Å²) in [6.45, 7) is 0. The average Bonchev–Trinajstić information content (AvgIpc) is 3.35. The monoisotopic (exact) mass is 543 g/mol. The lowest BCUT2D eigenvalue weighted by Gasteiger charge is -2.49. The van der Waals surface area contributed by atoms with Gasteiger partial charge in [-0.3, -0.25) is 19.3 Å². The molecule has 1 unspecified atom stereocenters. The van der Waals surface area contributed by atoms with Crippen molar-refractivity contribution < 1.29 is 19.5 Å². The first-order chi connectivity index (χ1) is 16.9. The fourth-order valence-electron chi connectivity index (χ4n) is 3.81. The maximum atomic E-state index is 12.8.